The topological polar surface area (TPSA) is 50.5 Å². The van der Waals surface area contributed by atoms with Crippen molar-refractivity contribution in [2.45, 2.75) is 0 Å². The molecule has 0 fully saturated rings. The fraction of sp³-hybridized carbons (Fsp3) is 0.154. The maximum atomic E-state index is 12.1. The van der Waals surface area contributed by atoms with Crippen molar-refractivity contribution in [3.8, 4) is 5.69 Å². The Hall–Kier alpha value is -2.14. The van der Waals surface area contributed by atoms with Gasteiger partial charge in [-0.1, -0.05) is 29.8 Å². The molecular formula is C13H13ClN4O. The summed E-state index contributed by atoms with van der Waals surface area (Å²) in [4.78, 5) is 18.0. The zero-order valence-electron chi connectivity index (χ0n) is 10.6. The molecule has 5 nitrogen and oxygen atoms in total. The minimum absolute atomic E-state index is 0.0527. The summed E-state index contributed by atoms with van der Waals surface area (Å²) in [6.07, 6.45) is 3.03. The van der Waals surface area contributed by atoms with Gasteiger partial charge in [0.15, 0.2) is 0 Å². The summed E-state index contributed by atoms with van der Waals surface area (Å²) >= 11 is 6.03. The molecular weight excluding hydrogens is 264 g/mol. The van der Waals surface area contributed by atoms with E-state index in [0.29, 0.717) is 11.4 Å². The third-order valence-corrected chi connectivity index (χ3v) is 2.68. The minimum atomic E-state index is -0.388. The molecule has 0 amide bonds. The first-order chi connectivity index (χ1) is 9.09. The Bertz CT molecular complexity index is 649. The Labute approximate surface area is 115 Å². The van der Waals surface area contributed by atoms with Crippen molar-refractivity contribution in [2.24, 2.45) is 4.99 Å². The third-order valence-electron chi connectivity index (χ3n) is 2.33. The lowest BCUT2D eigenvalue weighted by Crippen LogP contribution is -2.21. The molecule has 1 aromatic heterocycles. The number of hydrogen-bond donors (Lipinski definition) is 0. The largest absolute Gasteiger partial charge is 0.369 e. The van der Waals surface area contributed by atoms with Crippen LogP contribution in [0.1, 0.15) is 0 Å². The van der Waals surface area contributed by atoms with Crippen LogP contribution in [0.3, 0.4) is 0 Å². The Kier molecular flexibility index (Phi) is 3.97. The van der Waals surface area contributed by atoms with Crippen LogP contribution < -0.4 is 5.56 Å². The van der Waals surface area contributed by atoms with Crippen molar-refractivity contribution in [3.63, 3.8) is 0 Å². The second kappa shape index (κ2) is 5.67. The average molecular weight is 277 g/mol. The van der Waals surface area contributed by atoms with E-state index in [4.69, 9.17) is 11.6 Å². The number of para-hydroxylation sites is 1. The van der Waals surface area contributed by atoms with Crippen LogP contribution in [0.4, 0.5) is 5.69 Å². The molecule has 0 N–H and O–H groups in total. The number of hydrogen-bond acceptors (Lipinski definition) is 3. The summed E-state index contributed by atoms with van der Waals surface area (Å²) in [5.74, 6) is 0. The second-order valence-electron chi connectivity index (χ2n) is 4.10. The monoisotopic (exact) mass is 276 g/mol. The molecule has 19 heavy (non-hydrogen) atoms. The van der Waals surface area contributed by atoms with Crippen molar-refractivity contribution < 1.29 is 0 Å². The number of benzene rings is 1. The third kappa shape index (κ3) is 3.00. The molecule has 0 unspecified atom stereocenters. The lowest BCUT2D eigenvalue weighted by atomic mass is 10.3. The molecule has 6 heteroatoms. The van der Waals surface area contributed by atoms with Gasteiger partial charge in [-0.25, -0.2) is 4.99 Å². The number of aliphatic imine (C=N–C) groups is 1. The van der Waals surface area contributed by atoms with E-state index in [1.807, 2.05) is 32.3 Å². The van der Waals surface area contributed by atoms with Crippen molar-refractivity contribution in [1.82, 2.24) is 14.7 Å². The number of aromatic nitrogens is 2. The van der Waals surface area contributed by atoms with Crippen molar-refractivity contribution in [1.29, 1.82) is 0 Å². The highest BCUT2D eigenvalue weighted by molar-refractivity contribution is 6.32. The molecule has 0 bridgehead atoms. The maximum absolute atomic E-state index is 12.1. The summed E-state index contributed by atoms with van der Waals surface area (Å²) in [5, 5.41) is 4.13. The summed E-state index contributed by atoms with van der Waals surface area (Å²) in [6, 6.07) is 9.10. The van der Waals surface area contributed by atoms with Gasteiger partial charge >= 0.3 is 0 Å². The van der Waals surface area contributed by atoms with Gasteiger partial charge in [0.05, 0.1) is 18.2 Å². The zero-order valence-corrected chi connectivity index (χ0v) is 11.4. The van der Waals surface area contributed by atoms with Gasteiger partial charge in [0.2, 0.25) is 0 Å². The van der Waals surface area contributed by atoms with Gasteiger partial charge < -0.3 is 4.90 Å². The molecule has 0 aliphatic heterocycles. The highest BCUT2D eigenvalue weighted by Crippen LogP contribution is 2.19. The molecule has 2 rings (SSSR count). The number of halogens is 1. The van der Waals surface area contributed by atoms with E-state index >= 15 is 0 Å². The molecule has 2 aromatic rings. The first-order valence-electron chi connectivity index (χ1n) is 5.63. The van der Waals surface area contributed by atoms with Gasteiger partial charge in [0.1, 0.15) is 10.7 Å². The quantitative estimate of drug-likeness (QED) is 0.637. The van der Waals surface area contributed by atoms with Crippen LogP contribution in [-0.4, -0.2) is 35.1 Å². The molecule has 1 heterocycles. The standard InChI is InChI=1S/C13H13ClN4O/c1-17(2)9-15-11-8-16-18(13(19)12(11)14)10-6-4-3-5-7-10/h3-9H,1-2H3. The fourth-order valence-electron chi connectivity index (χ4n) is 1.44. The van der Waals surface area contributed by atoms with Crippen LogP contribution in [0.25, 0.3) is 5.69 Å². The van der Waals surface area contributed by atoms with Crippen LogP contribution >= 0.6 is 11.6 Å². The molecule has 0 saturated carbocycles. The molecule has 98 valence electrons. The van der Waals surface area contributed by atoms with Gasteiger partial charge in [-0.05, 0) is 12.1 Å². The Morgan fingerprint density at radius 2 is 2.00 bits per heavy atom. The Morgan fingerprint density at radius 3 is 2.63 bits per heavy atom. The molecule has 0 radical (unpaired) electrons. The van der Waals surface area contributed by atoms with Crippen LogP contribution in [0.2, 0.25) is 5.02 Å². The highest BCUT2D eigenvalue weighted by atomic mass is 35.5. The van der Waals surface area contributed by atoms with E-state index in [1.54, 1.807) is 23.4 Å². The molecule has 1 aromatic carbocycles. The average Bonchev–Trinajstić information content (AvgIpc) is 2.41. The number of rotatable bonds is 3. The summed E-state index contributed by atoms with van der Waals surface area (Å²) < 4.78 is 1.25. The predicted molar refractivity (Wildman–Crippen MR) is 76.7 cm³/mol. The maximum Gasteiger partial charge on any atom is 0.292 e. The molecule has 0 aliphatic rings. The molecule has 0 aliphatic carbocycles. The van der Waals surface area contributed by atoms with Gasteiger partial charge in [0.25, 0.3) is 5.56 Å². The van der Waals surface area contributed by atoms with E-state index in [2.05, 4.69) is 10.1 Å². The first-order valence-corrected chi connectivity index (χ1v) is 6.01. The van der Waals surface area contributed by atoms with Crippen LogP contribution in [0.15, 0.2) is 46.3 Å². The van der Waals surface area contributed by atoms with Gasteiger partial charge in [-0.2, -0.15) is 9.78 Å². The van der Waals surface area contributed by atoms with Gasteiger partial charge in [0, 0.05) is 14.1 Å². The lowest BCUT2D eigenvalue weighted by molar-refractivity contribution is 0.643. The number of nitrogens with zero attached hydrogens (tertiary/aromatic N) is 4. The SMILES string of the molecule is CN(C)C=Nc1cnn(-c2ccccc2)c(=O)c1Cl. The van der Waals surface area contributed by atoms with E-state index in [9.17, 15) is 4.79 Å². The summed E-state index contributed by atoms with van der Waals surface area (Å²) in [6.45, 7) is 0. The zero-order chi connectivity index (χ0) is 13.8. The fourth-order valence-corrected chi connectivity index (χ4v) is 1.62. The molecule has 0 spiro atoms. The van der Waals surface area contributed by atoms with E-state index < -0.39 is 0 Å². The normalized spacial score (nSPS) is 10.9. The first kappa shape index (κ1) is 13.3. The van der Waals surface area contributed by atoms with Crippen molar-refractivity contribution in [2.75, 3.05) is 14.1 Å². The van der Waals surface area contributed by atoms with E-state index in [0.717, 1.165) is 0 Å². The second-order valence-corrected chi connectivity index (χ2v) is 4.48. The van der Waals surface area contributed by atoms with Gasteiger partial charge in [-0.15, -0.1) is 0 Å². The van der Waals surface area contributed by atoms with Crippen molar-refractivity contribution >= 4 is 23.6 Å². The molecule has 0 saturated heterocycles. The van der Waals surface area contributed by atoms with Gasteiger partial charge in [-0.3, -0.25) is 4.79 Å². The minimum Gasteiger partial charge on any atom is -0.369 e. The van der Waals surface area contributed by atoms with Crippen LogP contribution in [0.5, 0.6) is 0 Å². The predicted octanol–water partition coefficient (Wildman–Crippen LogP) is 2.11. The van der Waals surface area contributed by atoms with Crippen LogP contribution in [-0.2, 0) is 0 Å². The summed E-state index contributed by atoms with van der Waals surface area (Å²) in [7, 11) is 3.66. The highest BCUT2D eigenvalue weighted by Gasteiger charge is 2.09. The summed E-state index contributed by atoms with van der Waals surface area (Å²) in [5.41, 5.74) is 0.631. The van der Waals surface area contributed by atoms with E-state index in [1.165, 1.54) is 10.9 Å². The van der Waals surface area contributed by atoms with Crippen LogP contribution in [0, 0.1) is 0 Å². The van der Waals surface area contributed by atoms with E-state index in [-0.39, 0.29) is 10.6 Å². The Balaban J connectivity index is 2.47. The smallest absolute Gasteiger partial charge is 0.292 e. The molecule has 0 atom stereocenters. The van der Waals surface area contributed by atoms with Crippen molar-refractivity contribution in [3.05, 3.63) is 51.9 Å². The lowest BCUT2D eigenvalue weighted by Gasteiger charge is -2.06. The Morgan fingerprint density at radius 1 is 1.32 bits per heavy atom.